The van der Waals surface area contributed by atoms with Crippen LogP contribution in [0.3, 0.4) is 0 Å². The van der Waals surface area contributed by atoms with Crippen LogP contribution >= 0.6 is 0 Å². The number of anilines is 1. The Bertz CT molecular complexity index is 987. The van der Waals surface area contributed by atoms with Gasteiger partial charge >= 0.3 is 5.63 Å². The van der Waals surface area contributed by atoms with E-state index in [1.165, 1.54) is 0 Å². The van der Waals surface area contributed by atoms with Gasteiger partial charge in [0.05, 0.1) is 5.69 Å². The van der Waals surface area contributed by atoms with E-state index in [2.05, 4.69) is 15.3 Å². The standard InChI is InChI=1S/C18H17N3O3/c1-10-19-13-7-6-12(9-14(13)20-10)17(22)21-15-8-11-4-2-3-5-16(11)24-18(15)23/h2-5,8,12H,6-7,9H2,1H3,(H,19,20)(H,21,22). The topological polar surface area (TPSA) is 88.0 Å². The van der Waals surface area contributed by atoms with E-state index in [0.717, 1.165) is 35.4 Å². The van der Waals surface area contributed by atoms with E-state index >= 15 is 0 Å². The van der Waals surface area contributed by atoms with Gasteiger partial charge in [-0.15, -0.1) is 0 Å². The quantitative estimate of drug-likeness (QED) is 0.710. The Hall–Kier alpha value is -2.89. The number of carbonyl (C=O) groups excluding carboxylic acids is 1. The van der Waals surface area contributed by atoms with Gasteiger partial charge in [-0.3, -0.25) is 4.79 Å². The van der Waals surface area contributed by atoms with Crippen LogP contribution < -0.4 is 10.9 Å². The first kappa shape index (κ1) is 14.7. The fraction of sp³-hybridized carbons (Fsp3) is 0.278. The molecule has 2 heterocycles. The number of H-pyrrole nitrogens is 1. The molecule has 1 aliphatic carbocycles. The first-order valence-electron chi connectivity index (χ1n) is 7.98. The maximum atomic E-state index is 12.5. The van der Waals surface area contributed by atoms with Crippen LogP contribution in [0, 0.1) is 12.8 Å². The van der Waals surface area contributed by atoms with Gasteiger partial charge in [-0.25, -0.2) is 9.78 Å². The van der Waals surface area contributed by atoms with Crippen LogP contribution in [0.5, 0.6) is 0 Å². The third-order valence-corrected chi connectivity index (χ3v) is 4.43. The molecule has 0 saturated heterocycles. The van der Waals surface area contributed by atoms with E-state index < -0.39 is 5.63 Å². The number of carbonyl (C=O) groups is 1. The van der Waals surface area contributed by atoms with Gasteiger partial charge in [0.1, 0.15) is 17.1 Å². The van der Waals surface area contributed by atoms with Crippen molar-refractivity contribution in [2.75, 3.05) is 5.32 Å². The Kier molecular flexibility index (Phi) is 3.45. The summed E-state index contributed by atoms with van der Waals surface area (Å²) in [5.41, 5.74) is 2.23. The highest BCUT2D eigenvalue weighted by Crippen LogP contribution is 2.25. The number of hydrogen-bond acceptors (Lipinski definition) is 4. The zero-order valence-corrected chi connectivity index (χ0v) is 13.3. The monoisotopic (exact) mass is 323 g/mol. The number of aryl methyl sites for hydroxylation is 2. The second kappa shape index (κ2) is 5.63. The number of nitrogens with zero attached hydrogens (tertiary/aromatic N) is 1. The molecule has 1 amide bonds. The maximum absolute atomic E-state index is 12.5. The minimum Gasteiger partial charge on any atom is -0.421 e. The normalized spacial score (nSPS) is 16.8. The molecule has 1 aromatic carbocycles. The Morgan fingerprint density at radius 1 is 1.38 bits per heavy atom. The minimum atomic E-state index is -0.532. The van der Waals surface area contributed by atoms with Crippen LogP contribution in [0.1, 0.15) is 23.6 Å². The van der Waals surface area contributed by atoms with Gasteiger partial charge < -0.3 is 14.7 Å². The van der Waals surface area contributed by atoms with Gasteiger partial charge in [-0.1, -0.05) is 18.2 Å². The first-order chi connectivity index (χ1) is 11.6. The summed E-state index contributed by atoms with van der Waals surface area (Å²) in [6.45, 7) is 1.91. The van der Waals surface area contributed by atoms with E-state index in [9.17, 15) is 9.59 Å². The molecule has 1 aliphatic rings. The zero-order chi connectivity index (χ0) is 16.7. The van der Waals surface area contributed by atoms with Crippen molar-refractivity contribution in [2.45, 2.75) is 26.2 Å². The number of amides is 1. The highest BCUT2D eigenvalue weighted by molar-refractivity contribution is 5.94. The van der Waals surface area contributed by atoms with E-state index in [1.54, 1.807) is 18.2 Å². The number of hydrogen-bond donors (Lipinski definition) is 2. The molecule has 2 aromatic heterocycles. The molecule has 1 unspecified atom stereocenters. The second-order valence-corrected chi connectivity index (χ2v) is 6.16. The van der Waals surface area contributed by atoms with Crippen LogP contribution in [0.25, 0.3) is 11.0 Å². The van der Waals surface area contributed by atoms with E-state index in [0.29, 0.717) is 12.0 Å². The molecule has 0 saturated carbocycles. The van der Waals surface area contributed by atoms with Gasteiger partial charge in [0, 0.05) is 23.4 Å². The molecular weight excluding hydrogens is 306 g/mol. The SMILES string of the molecule is Cc1nc2c([nH]1)CC(C(=O)Nc1cc3ccccc3oc1=O)CC2. The van der Waals surface area contributed by atoms with Gasteiger partial charge in [0.15, 0.2) is 0 Å². The molecule has 0 fully saturated rings. The highest BCUT2D eigenvalue weighted by atomic mass is 16.4. The van der Waals surface area contributed by atoms with Crippen LogP contribution in [0.15, 0.2) is 39.5 Å². The van der Waals surface area contributed by atoms with Crippen molar-refractivity contribution in [3.8, 4) is 0 Å². The zero-order valence-electron chi connectivity index (χ0n) is 13.3. The summed E-state index contributed by atoms with van der Waals surface area (Å²) < 4.78 is 5.25. The van der Waals surface area contributed by atoms with Crippen LogP contribution in [-0.2, 0) is 17.6 Å². The summed E-state index contributed by atoms with van der Waals surface area (Å²) in [5.74, 6) is 0.537. The fourth-order valence-electron chi connectivity index (χ4n) is 3.23. The van der Waals surface area contributed by atoms with Crippen LogP contribution in [-0.4, -0.2) is 15.9 Å². The number of fused-ring (bicyclic) bond motifs is 2. The summed E-state index contributed by atoms with van der Waals surface area (Å²) in [6.07, 6.45) is 2.10. The number of imidazole rings is 1. The molecule has 2 N–H and O–H groups in total. The van der Waals surface area contributed by atoms with E-state index in [1.807, 2.05) is 19.1 Å². The van der Waals surface area contributed by atoms with Crippen molar-refractivity contribution < 1.29 is 9.21 Å². The predicted octanol–water partition coefficient (Wildman–Crippen LogP) is 2.57. The lowest BCUT2D eigenvalue weighted by molar-refractivity contribution is -0.120. The Morgan fingerprint density at radius 3 is 3.08 bits per heavy atom. The minimum absolute atomic E-state index is 0.157. The van der Waals surface area contributed by atoms with E-state index in [-0.39, 0.29) is 17.5 Å². The Balaban J connectivity index is 1.56. The lowest BCUT2D eigenvalue weighted by atomic mass is 9.89. The highest BCUT2D eigenvalue weighted by Gasteiger charge is 2.27. The molecule has 4 rings (SSSR count). The summed E-state index contributed by atoms with van der Waals surface area (Å²) in [6, 6.07) is 8.89. The number of para-hydroxylation sites is 1. The van der Waals surface area contributed by atoms with Crippen molar-refractivity contribution in [2.24, 2.45) is 5.92 Å². The Labute approximate surface area is 137 Å². The summed E-state index contributed by atoms with van der Waals surface area (Å²) >= 11 is 0. The van der Waals surface area contributed by atoms with Crippen molar-refractivity contribution in [3.05, 3.63) is 58.0 Å². The van der Waals surface area contributed by atoms with Gasteiger partial charge in [0.25, 0.3) is 0 Å². The maximum Gasteiger partial charge on any atom is 0.360 e. The summed E-state index contributed by atoms with van der Waals surface area (Å²) in [4.78, 5) is 32.2. The number of aromatic nitrogens is 2. The smallest absolute Gasteiger partial charge is 0.360 e. The molecule has 6 heteroatoms. The summed E-state index contributed by atoms with van der Waals surface area (Å²) in [7, 11) is 0. The number of benzene rings is 1. The average Bonchev–Trinajstić information content (AvgIpc) is 2.94. The molecule has 0 aliphatic heterocycles. The predicted molar refractivity (Wildman–Crippen MR) is 90.0 cm³/mol. The van der Waals surface area contributed by atoms with Crippen molar-refractivity contribution in [1.82, 2.24) is 9.97 Å². The van der Waals surface area contributed by atoms with Gasteiger partial charge in [-0.05, 0) is 31.9 Å². The molecule has 3 aromatic rings. The third kappa shape index (κ3) is 2.60. The lowest BCUT2D eigenvalue weighted by Gasteiger charge is -2.20. The average molecular weight is 323 g/mol. The molecule has 0 radical (unpaired) electrons. The van der Waals surface area contributed by atoms with Crippen molar-refractivity contribution in [3.63, 3.8) is 0 Å². The third-order valence-electron chi connectivity index (χ3n) is 4.43. The Morgan fingerprint density at radius 2 is 2.21 bits per heavy atom. The second-order valence-electron chi connectivity index (χ2n) is 6.16. The van der Waals surface area contributed by atoms with Crippen LogP contribution in [0.2, 0.25) is 0 Å². The van der Waals surface area contributed by atoms with E-state index in [4.69, 9.17) is 4.42 Å². The molecule has 122 valence electrons. The van der Waals surface area contributed by atoms with Crippen molar-refractivity contribution in [1.29, 1.82) is 0 Å². The fourth-order valence-corrected chi connectivity index (χ4v) is 3.23. The molecule has 0 bridgehead atoms. The van der Waals surface area contributed by atoms with Crippen LogP contribution in [0.4, 0.5) is 5.69 Å². The molecular formula is C18H17N3O3. The molecule has 0 spiro atoms. The first-order valence-corrected chi connectivity index (χ1v) is 7.98. The van der Waals surface area contributed by atoms with Crippen molar-refractivity contribution >= 4 is 22.6 Å². The van der Waals surface area contributed by atoms with Gasteiger partial charge in [-0.2, -0.15) is 0 Å². The largest absolute Gasteiger partial charge is 0.421 e. The lowest BCUT2D eigenvalue weighted by Crippen LogP contribution is -2.29. The molecule has 24 heavy (non-hydrogen) atoms. The summed E-state index contributed by atoms with van der Waals surface area (Å²) in [5, 5.41) is 3.51. The molecule has 6 nitrogen and oxygen atoms in total. The number of aromatic amines is 1. The van der Waals surface area contributed by atoms with Gasteiger partial charge in [0.2, 0.25) is 5.91 Å². The molecule has 1 atom stereocenters. The number of nitrogens with one attached hydrogen (secondary N) is 2. The number of rotatable bonds is 2.